The lowest BCUT2D eigenvalue weighted by atomic mass is 10.1. The van der Waals surface area contributed by atoms with Crippen LogP contribution in [-0.2, 0) is 4.74 Å². The van der Waals surface area contributed by atoms with E-state index in [2.05, 4.69) is 11.4 Å². The molecule has 0 aromatic heterocycles. The number of rotatable bonds is 1. The first-order valence-electron chi connectivity index (χ1n) is 4.47. The van der Waals surface area contributed by atoms with E-state index in [-0.39, 0.29) is 0 Å². The summed E-state index contributed by atoms with van der Waals surface area (Å²) in [4.78, 5) is 0. The highest BCUT2D eigenvalue weighted by Gasteiger charge is 2.14. The van der Waals surface area contributed by atoms with Crippen molar-refractivity contribution in [2.75, 3.05) is 19.7 Å². The van der Waals surface area contributed by atoms with Crippen LogP contribution in [0.15, 0.2) is 11.6 Å². The van der Waals surface area contributed by atoms with Gasteiger partial charge in [-0.05, 0) is 25.8 Å². The van der Waals surface area contributed by atoms with Crippen LogP contribution in [0.2, 0.25) is 0 Å². The third kappa shape index (κ3) is 1.82. The van der Waals surface area contributed by atoms with Crippen molar-refractivity contribution in [3.63, 3.8) is 0 Å². The van der Waals surface area contributed by atoms with Crippen molar-refractivity contribution < 1.29 is 4.74 Å². The maximum atomic E-state index is 5.51. The van der Waals surface area contributed by atoms with Gasteiger partial charge < -0.3 is 10.1 Å². The molecule has 2 rings (SSSR count). The second kappa shape index (κ2) is 3.37. The van der Waals surface area contributed by atoms with Crippen molar-refractivity contribution in [2.45, 2.75) is 25.4 Å². The van der Waals surface area contributed by atoms with Crippen molar-refractivity contribution in [3.05, 3.63) is 11.6 Å². The maximum Gasteiger partial charge on any atom is 0.0759 e. The fourth-order valence-corrected chi connectivity index (χ4v) is 1.73. The van der Waals surface area contributed by atoms with Gasteiger partial charge in [0.15, 0.2) is 0 Å². The second-order valence-electron chi connectivity index (χ2n) is 3.30. The minimum absolute atomic E-state index is 0.435. The zero-order chi connectivity index (χ0) is 7.52. The normalized spacial score (nSPS) is 35.3. The van der Waals surface area contributed by atoms with Crippen LogP contribution < -0.4 is 5.32 Å². The Morgan fingerprint density at radius 3 is 3.18 bits per heavy atom. The molecule has 62 valence electrons. The van der Waals surface area contributed by atoms with Gasteiger partial charge in [0, 0.05) is 13.2 Å². The Bertz CT molecular complexity index is 151. The molecule has 0 bridgehead atoms. The number of ether oxygens (including phenoxy) is 1. The Labute approximate surface area is 67.6 Å². The van der Waals surface area contributed by atoms with Gasteiger partial charge in [-0.25, -0.2) is 0 Å². The van der Waals surface area contributed by atoms with E-state index in [1.54, 1.807) is 0 Å². The van der Waals surface area contributed by atoms with E-state index in [1.807, 2.05) is 0 Å². The van der Waals surface area contributed by atoms with Gasteiger partial charge in [0.1, 0.15) is 0 Å². The zero-order valence-corrected chi connectivity index (χ0v) is 6.81. The average molecular weight is 153 g/mol. The predicted octanol–water partition coefficient (Wildman–Crippen LogP) is 1.09. The fourth-order valence-electron chi connectivity index (χ4n) is 1.73. The van der Waals surface area contributed by atoms with Gasteiger partial charge in [-0.1, -0.05) is 11.6 Å². The first-order chi connectivity index (χ1) is 5.45. The van der Waals surface area contributed by atoms with Crippen LogP contribution in [0.5, 0.6) is 0 Å². The van der Waals surface area contributed by atoms with E-state index in [9.17, 15) is 0 Å². The van der Waals surface area contributed by atoms with E-state index >= 15 is 0 Å². The Morgan fingerprint density at radius 2 is 2.55 bits per heavy atom. The van der Waals surface area contributed by atoms with E-state index in [0.717, 1.165) is 19.7 Å². The van der Waals surface area contributed by atoms with Gasteiger partial charge in [0.25, 0.3) is 0 Å². The Hall–Kier alpha value is -0.340. The first kappa shape index (κ1) is 7.32. The summed E-state index contributed by atoms with van der Waals surface area (Å²) in [6, 6.07) is 0. The van der Waals surface area contributed by atoms with Crippen LogP contribution in [0.3, 0.4) is 0 Å². The van der Waals surface area contributed by atoms with Crippen molar-refractivity contribution in [3.8, 4) is 0 Å². The minimum Gasteiger partial charge on any atom is -0.374 e. The second-order valence-corrected chi connectivity index (χ2v) is 3.30. The lowest BCUT2D eigenvalue weighted by Gasteiger charge is -2.03. The molecule has 0 amide bonds. The summed E-state index contributed by atoms with van der Waals surface area (Å²) in [6.45, 7) is 3.19. The van der Waals surface area contributed by atoms with Crippen molar-refractivity contribution in [1.29, 1.82) is 0 Å². The molecule has 2 fully saturated rings. The molecule has 11 heavy (non-hydrogen) atoms. The molecular weight excluding hydrogens is 138 g/mol. The van der Waals surface area contributed by atoms with Crippen LogP contribution >= 0.6 is 0 Å². The van der Waals surface area contributed by atoms with Gasteiger partial charge >= 0.3 is 0 Å². The summed E-state index contributed by atoms with van der Waals surface area (Å²) in [5.41, 5.74) is 1.54. The van der Waals surface area contributed by atoms with E-state index < -0.39 is 0 Å². The molecular formula is C9H15NO. The predicted molar refractivity (Wildman–Crippen MR) is 44.5 cm³/mol. The van der Waals surface area contributed by atoms with E-state index in [1.165, 1.54) is 24.8 Å². The molecule has 0 radical (unpaired) electrons. The average Bonchev–Trinajstić information content (AvgIpc) is 2.60. The Kier molecular flexibility index (Phi) is 2.24. The number of hydrogen-bond acceptors (Lipinski definition) is 2. The van der Waals surface area contributed by atoms with Gasteiger partial charge in [0.05, 0.1) is 6.10 Å². The number of hydrogen-bond donors (Lipinski definition) is 1. The molecule has 0 aromatic carbocycles. The maximum absolute atomic E-state index is 5.51. The van der Waals surface area contributed by atoms with Crippen LogP contribution in [0.4, 0.5) is 0 Å². The molecule has 0 saturated carbocycles. The Morgan fingerprint density at radius 1 is 1.55 bits per heavy atom. The largest absolute Gasteiger partial charge is 0.374 e. The van der Waals surface area contributed by atoms with Crippen molar-refractivity contribution in [1.82, 2.24) is 5.32 Å². The molecule has 2 heteroatoms. The molecule has 2 saturated heterocycles. The van der Waals surface area contributed by atoms with Crippen LogP contribution in [0, 0.1) is 0 Å². The van der Waals surface area contributed by atoms with E-state index in [0.29, 0.717) is 6.10 Å². The Balaban J connectivity index is 1.89. The summed E-state index contributed by atoms with van der Waals surface area (Å²) in [5.74, 6) is 0. The molecule has 2 aliphatic heterocycles. The summed E-state index contributed by atoms with van der Waals surface area (Å²) in [5, 5.41) is 3.32. The molecule has 2 heterocycles. The van der Waals surface area contributed by atoms with Crippen LogP contribution in [0.25, 0.3) is 0 Å². The third-order valence-corrected chi connectivity index (χ3v) is 2.36. The van der Waals surface area contributed by atoms with Crippen LogP contribution in [0.1, 0.15) is 19.3 Å². The fraction of sp³-hybridized carbons (Fsp3) is 0.778. The summed E-state index contributed by atoms with van der Waals surface area (Å²) in [6.07, 6.45) is 6.43. The SMILES string of the molecule is C(=C1CCNC1)C1CCCO1. The smallest absolute Gasteiger partial charge is 0.0759 e. The molecule has 1 unspecified atom stereocenters. The van der Waals surface area contributed by atoms with Crippen LogP contribution in [-0.4, -0.2) is 25.8 Å². The standard InChI is InChI=1S/C9H15NO/c1-2-9(11-5-1)6-8-3-4-10-7-8/h6,9-10H,1-5,7H2. The summed E-state index contributed by atoms with van der Waals surface area (Å²) in [7, 11) is 0. The van der Waals surface area contributed by atoms with E-state index in [4.69, 9.17) is 4.74 Å². The highest BCUT2D eigenvalue weighted by molar-refractivity contribution is 5.11. The quantitative estimate of drug-likeness (QED) is 0.569. The molecule has 0 aliphatic carbocycles. The molecule has 1 atom stereocenters. The lowest BCUT2D eigenvalue weighted by Crippen LogP contribution is -2.06. The molecule has 1 N–H and O–H groups in total. The van der Waals surface area contributed by atoms with Gasteiger partial charge in [-0.3, -0.25) is 0 Å². The van der Waals surface area contributed by atoms with Crippen molar-refractivity contribution in [2.24, 2.45) is 0 Å². The lowest BCUT2D eigenvalue weighted by molar-refractivity contribution is 0.145. The monoisotopic (exact) mass is 153 g/mol. The molecule has 2 nitrogen and oxygen atoms in total. The van der Waals surface area contributed by atoms with Crippen molar-refractivity contribution >= 4 is 0 Å². The zero-order valence-electron chi connectivity index (χ0n) is 6.81. The van der Waals surface area contributed by atoms with Gasteiger partial charge in [0.2, 0.25) is 0 Å². The first-order valence-corrected chi connectivity index (χ1v) is 4.47. The summed E-state index contributed by atoms with van der Waals surface area (Å²) >= 11 is 0. The third-order valence-electron chi connectivity index (χ3n) is 2.36. The molecule has 0 aromatic rings. The van der Waals surface area contributed by atoms with Gasteiger partial charge in [-0.2, -0.15) is 0 Å². The number of nitrogens with one attached hydrogen (secondary N) is 1. The molecule has 0 spiro atoms. The topological polar surface area (TPSA) is 21.3 Å². The highest BCUT2D eigenvalue weighted by atomic mass is 16.5. The highest BCUT2D eigenvalue weighted by Crippen LogP contribution is 2.17. The minimum atomic E-state index is 0.435. The van der Waals surface area contributed by atoms with Gasteiger partial charge in [-0.15, -0.1) is 0 Å². The summed E-state index contributed by atoms with van der Waals surface area (Å²) < 4.78 is 5.51. The molecule has 2 aliphatic rings.